The molecule has 94 valence electrons. The average Bonchev–Trinajstić information content (AvgIpc) is 2.39. The van der Waals surface area contributed by atoms with E-state index < -0.39 is 0 Å². The summed E-state index contributed by atoms with van der Waals surface area (Å²) in [6.45, 7) is 4.20. The summed E-state index contributed by atoms with van der Waals surface area (Å²) in [6, 6.07) is 4.26. The molecule has 1 aliphatic heterocycles. The number of nitrogens with zero attached hydrogens (tertiary/aromatic N) is 2. The highest BCUT2D eigenvalue weighted by Gasteiger charge is 2.25. The third-order valence-electron chi connectivity index (χ3n) is 3.03. The van der Waals surface area contributed by atoms with Crippen molar-refractivity contribution >= 4 is 5.69 Å². The van der Waals surface area contributed by atoms with E-state index in [1.54, 1.807) is 13.3 Å². The van der Waals surface area contributed by atoms with Crippen LogP contribution in [0.3, 0.4) is 0 Å². The van der Waals surface area contributed by atoms with Crippen LogP contribution in [0.4, 0.5) is 5.69 Å². The van der Waals surface area contributed by atoms with Crippen molar-refractivity contribution < 1.29 is 9.47 Å². The lowest BCUT2D eigenvalue weighted by molar-refractivity contribution is 0.0283. The summed E-state index contributed by atoms with van der Waals surface area (Å²) < 4.78 is 10.8. The Bertz CT molecular complexity index is 373. The highest BCUT2D eigenvalue weighted by molar-refractivity contribution is 5.49. The van der Waals surface area contributed by atoms with Crippen molar-refractivity contribution in [1.29, 1.82) is 0 Å². The predicted molar refractivity (Wildman–Crippen MR) is 66.4 cm³/mol. The minimum atomic E-state index is 0.102. The molecule has 1 saturated heterocycles. The summed E-state index contributed by atoms with van der Waals surface area (Å²) in [7, 11) is 1.62. The van der Waals surface area contributed by atoms with Crippen molar-refractivity contribution in [2.24, 2.45) is 5.73 Å². The van der Waals surface area contributed by atoms with Gasteiger partial charge in [0.2, 0.25) is 5.88 Å². The van der Waals surface area contributed by atoms with Gasteiger partial charge in [-0.3, -0.25) is 0 Å². The third kappa shape index (κ3) is 2.68. The van der Waals surface area contributed by atoms with Gasteiger partial charge in [0.05, 0.1) is 19.8 Å². The van der Waals surface area contributed by atoms with E-state index in [1.165, 1.54) is 0 Å². The molecule has 1 aromatic heterocycles. The molecule has 1 aliphatic rings. The van der Waals surface area contributed by atoms with Gasteiger partial charge in [0.1, 0.15) is 0 Å². The fourth-order valence-corrected chi connectivity index (χ4v) is 2.01. The second kappa shape index (κ2) is 5.33. The zero-order valence-electron chi connectivity index (χ0n) is 10.3. The fraction of sp³-hybridized carbons (Fsp3) is 0.583. The molecule has 0 spiro atoms. The Balaban J connectivity index is 2.18. The topological polar surface area (TPSA) is 60.6 Å². The number of nitrogens with two attached hydrogens (primary N) is 1. The number of ether oxygens (including phenoxy) is 2. The molecule has 0 bridgehead atoms. The van der Waals surface area contributed by atoms with Crippen LogP contribution in [0, 0.1) is 0 Å². The van der Waals surface area contributed by atoms with E-state index in [-0.39, 0.29) is 6.10 Å². The van der Waals surface area contributed by atoms with Crippen LogP contribution >= 0.6 is 0 Å². The number of hydrogen-bond acceptors (Lipinski definition) is 5. The van der Waals surface area contributed by atoms with E-state index >= 15 is 0 Å². The lowest BCUT2D eigenvalue weighted by Crippen LogP contribution is -2.50. The Morgan fingerprint density at radius 1 is 1.65 bits per heavy atom. The third-order valence-corrected chi connectivity index (χ3v) is 3.03. The van der Waals surface area contributed by atoms with E-state index in [0.717, 1.165) is 12.2 Å². The van der Waals surface area contributed by atoms with Crippen LogP contribution in [0.1, 0.15) is 6.92 Å². The molecular formula is C12H19N3O2. The first-order valence-corrected chi connectivity index (χ1v) is 5.83. The van der Waals surface area contributed by atoms with Crippen molar-refractivity contribution in [3.05, 3.63) is 18.3 Å². The molecule has 2 unspecified atom stereocenters. The number of rotatable bonds is 3. The van der Waals surface area contributed by atoms with Gasteiger partial charge in [0, 0.05) is 37.1 Å². The Morgan fingerprint density at radius 2 is 2.47 bits per heavy atom. The van der Waals surface area contributed by atoms with E-state index in [2.05, 4.69) is 16.8 Å². The molecule has 1 fully saturated rings. The molecule has 2 rings (SSSR count). The summed E-state index contributed by atoms with van der Waals surface area (Å²) in [6.07, 6.45) is 1.86. The Kier molecular flexibility index (Phi) is 3.81. The maximum absolute atomic E-state index is 5.66. The van der Waals surface area contributed by atoms with E-state index in [0.29, 0.717) is 25.1 Å². The predicted octanol–water partition coefficient (Wildman–Crippen LogP) is 0.643. The first kappa shape index (κ1) is 12.1. The van der Waals surface area contributed by atoms with Crippen LogP contribution in [-0.2, 0) is 4.74 Å². The fourth-order valence-electron chi connectivity index (χ4n) is 2.01. The monoisotopic (exact) mass is 237 g/mol. The molecule has 0 saturated carbocycles. The molecule has 0 radical (unpaired) electrons. The van der Waals surface area contributed by atoms with Gasteiger partial charge in [-0.15, -0.1) is 0 Å². The number of methoxy groups -OCH3 is 1. The lowest BCUT2D eigenvalue weighted by Gasteiger charge is -2.39. The van der Waals surface area contributed by atoms with Crippen LogP contribution in [0.25, 0.3) is 0 Å². The normalized spacial score (nSPS) is 24.8. The SMILES string of the molecule is COc1cc(N2CC(CN)OCC2C)ccn1. The van der Waals surface area contributed by atoms with Gasteiger partial charge in [-0.25, -0.2) is 4.98 Å². The van der Waals surface area contributed by atoms with E-state index in [4.69, 9.17) is 15.2 Å². The van der Waals surface area contributed by atoms with Gasteiger partial charge in [-0.1, -0.05) is 0 Å². The smallest absolute Gasteiger partial charge is 0.214 e. The Labute approximate surface area is 102 Å². The summed E-state index contributed by atoms with van der Waals surface area (Å²) in [5.41, 5.74) is 6.76. The van der Waals surface area contributed by atoms with E-state index in [1.807, 2.05) is 12.1 Å². The van der Waals surface area contributed by atoms with Crippen LogP contribution in [0.15, 0.2) is 18.3 Å². The van der Waals surface area contributed by atoms with Crippen molar-refractivity contribution in [3.8, 4) is 5.88 Å². The molecule has 0 aromatic carbocycles. The average molecular weight is 237 g/mol. The molecule has 1 aromatic rings. The molecule has 0 amide bonds. The molecule has 17 heavy (non-hydrogen) atoms. The zero-order chi connectivity index (χ0) is 12.3. The van der Waals surface area contributed by atoms with Gasteiger partial charge < -0.3 is 20.1 Å². The maximum Gasteiger partial charge on any atom is 0.214 e. The van der Waals surface area contributed by atoms with Gasteiger partial charge in [0.15, 0.2) is 0 Å². The van der Waals surface area contributed by atoms with Gasteiger partial charge in [-0.2, -0.15) is 0 Å². The summed E-state index contributed by atoms with van der Waals surface area (Å²) in [5, 5.41) is 0. The second-order valence-corrected chi connectivity index (χ2v) is 4.25. The second-order valence-electron chi connectivity index (χ2n) is 4.25. The number of pyridine rings is 1. The molecule has 2 heterocycles. The van der Waals surface area contributed by atoms with Crippen molar-refractivity contribution in [2.45, 2.75) is 19.1 Å². The summed E-state index contributed by atoms with van der Waals surface area (Å²) in [4.78, 5) is 6.40. The van der Waals surface area contributed by atoms with Crippen molar-refractivity contribution in [2.75, 3.05) is 31.7 Å². The van der Waals surface area contributed by atoms with Gasteiger partial charge in [0.25, 0.3) is 0 Å². The van der Waals surface area contributed by atoms with Gasteiger partial charge >= 0.3 is 0 Å². The van der Waals surface area contributed by atoms with Crippen molar-refractivity contribution in [1.82, 2.24) is 4.98 Å². The summed E-state index contributed by atoms with van der Waals surface area (Å²) >= 11 is 0. The highest BCUT2D eigenvalue weighted by atomic mass is 16.5. The minimum absolute atomic E-state index is 0.102. The molecule has 5 heteroatoms. The first-order chi connectivity index (χ1) is 8.24. The van der Waals surface area contributed by atoms with Crippen LogP contribution in [-0.4, -0.2) is 43.9 Å². The van der Waals surface area contributed by atoms with Gasteiger partial charge in [-0.05, 0) is 13.0 Å². The maximum atomic E-state index is 5.66. The molecule has 5 nitrogen and oxygen atoms in total. The Hall–Kier alpha value is -1.33. The number of aromatic nitrogens is 1. The molecule has 0 aliphatic carbocycles. The van der Waals surface area contributed by atoms with Crippen LogP contribution in [0.5, 0.6) is 5.88 Å². The molecular weight excluding hydrogens is 218 g/mol. The Morgan fingerprint density at radius 3 is 3.18 bits per heavy atom. The summed E-state index contributed by atoms with van der Waals surface area (Å²) in [5.74, 6) is 0.630. The minimum Gasteiger partial charge on any atom is -0.481 e. The largest absolute Gasteiger partial charge is 0.481 e. The van der Waals surface area contributed by atoms with Crippen LogP contribution < -0.4 is 15.4 Å². The lowest BCUT2D eigenvalue weighted by atomic mass is 10.1. The number of anilines is 1. The highest BCUT2D eigenvalue weighted by Crippen LogP contribution is 2.23. The van der Waals surface area contributed by atoms with Crippen molar-refractivity contribution in [3.63, 3.8) is 0 Å². The number of morpholine rings is 1. The zero-order valence-corrected chi connectivity index (χ0v) is 10.3. The standard InChI is InChI=1S/C12H19N3O2/c1-9-8-17-11(6-13)7-15(9)10-3-4-14-12(5-10)16-2/h3-5,9,11H,6-8,13H2,1-2H3. The molecule has 2 N–H and O–H groups in total. The van der Waals surface area contributed by atoms with Crippen LogP contribution in [0.2, 0.25) is 0 Å². The van der Waals surface area contributed by atoms with E-state index in [9.17, 15) is 0 Å². The number of hydrogen-bond donors (Lipinski definition) is 1. The molecule has 2 atom stereocenters. The first-order valence-electron chi connectivity index (χ1n) is 5.83. The quantitative estimate of drug-likeness (QED) is 0.836.